The van der Waals surface area contributed by atoms with Gasteiger partial charge in [0.1, 0.15) is 5.69 Å². The Hall–Kier alpha value is -1.85. The topological polar surface area (TPSA) is 91.0 Å². The Morgan fingerprint density at radius 3 is 2.53 bits per heavy atom. The van der Waals surface area contributed by atoms with Crippen molar-refractivity contribution in [1.29, 1.82) is 0 Å². The summed E-state index contributed by atoms with van der Waals surface area (Å²) in [5.41, 5.74) is 5.64. The van der Waals surface area contributed by atoms with E-state index in [0.717, 1.165) is 0 Å². The molecule has 0 unspecified atom stereocenters. The molecule has 2 aromatic rings. The van der Waals surface area contributed by atoms with Gasteiger partial charge in [0.05, 0.1) is 5.41 Å². The summed E-state index contributed by atoms with van der Waals surface area (Å²) in [6, 6.07) is 1.65. The first kappa shape index (κ1) is 9.70. The summed E-state index contributed by atoms with van der Waals surface area (Å²) in [6.45, 7) is 5.57. The maximum atomic E-state index is 5.46. The third kappa shape index (κ3) is 1.58. The highest BCUT2D eigenvalue weighted by molar-refractivity contribution is 5.31. The Morgan fingerprint density at radius 2 is 2.07 bits per heavy atom. The van der Waals surface area contributed by atoms with E-state index in [1.54, 1.807) is 13.0 Å². The van der Waals surface area contributed by atoms with E-state index in [1.807, 2.05) is 13.8 Å². The van der Waals surface area contributed by atoms with Crippen molar-refractivity contribution in [3.63, 3.8) is 0 Å². The Kier molecular flexibility index (Phi) is 1.99. The number of rotatable bonds is 2. The van der Waals surface area contributed by atoms with Crippen LogP contribution in [0.4, 0.5) is 5.88 Å². The first-order valence-electron chi connectivity index (χ1n) is 4.53. The van der Waals surface area contributed by atoms with E-state index in [2.05, 4.69) is 15.4 Å². The van der Waals surface area contributed by atoms with Gasteiger partial charge >= 0.3 is 0 Å². The molecule has 0 radical (unpaired) electrons. The number of aryl methyl sites for hydroxylation is 1. The molecule has 0 aliphatic heterocycles. The molecule has 15 heavy (non-hydrogen) atoms. The lowest BCUT2D eigenvalue weighted by Crippen LogP contribution is -2.19. The molecule has 0 atom stereocenters. The van der Waals surface area contributed by atoms with Gasteiger partial charge in [-0.15, -0.1) is 10.2 Å². The Bertz CT molecular complexity index is 430. The van der Waals surface area contributed by atoms with Crippen molar-refractivity contribution in [3.8, 4) is 0 Å². The van der Waals surface area contributed by atoms with Crippen molar-refractivity contribution >= 4 is 5.88 Å². The third-order valence-corrected chi connectivity index (χ3v) is 2.23. The van der Waals surface area contributed by atoms with E-state index < -0.39 is 5.41 Å². The van der Waals surface area contributed by atoms with Crippen molar-refractivity contribution in [2.75, 3.05) is 5.73 Å². The molecule has 2 rings (SSSR count). The second-order valence-corrected chi connectivity index (χ2v) is 3.87. The zero-order valence-corrected chi connectivity index (χ0v) is 8.81. The van der Waals surface area contributed by atoms with Crippen molar-refractivity contribution in [1.82, 2.24) is 15.4 Å². The maximum absolute atomic E-state index is 5.46. The van der Waals surface area contributed by atoms with Gasteiger partial charge in [0.2, 0.25) is 17.7 Å². The molecule has 0 aromatic carbocycles. The van der Waals surface area contributed by atoms with E-state index in [1.165, 1.54) is 0 Å². The van der Waals surface area contributed by atoms with E-state index in [-0.39, 0.29) is 5.88 Å². The van der Waals surface area contributed by atoms with E-state index in [4.69, 9.17) is 14.7 Å². The van der Waals surface area contributed by atoms with Gasteiger partial charge < -0.3 is 14.7 Å². The molecule has 2 aromatic heterocycles. The molecule has 6 heteroatoms. The minimum atomic E-state index is -0.498. The van der Waals surface area contributed by atoms with Gasteiger partial charge in [-0.2, -0.15) is 0 Å². The quantitative estimate of drug-likeness (QED) is 0.799. The minimum absolute atomic E-state index is 0.273. The second-order valence-electron chi connectivity index (χ2n) is 3.87. The predicted octanol–water partition coefficient (Wildman–Crippen LogP) is 1.27. The Labute approximate surface area is 86.5 Å². The van der Waals surface area contributed by atoms with Crippen LogP contribution in [-0.4, -0.2) is 15.4 Å². The van der Waals surface area contributed by atoms with Crippen LogP contribution in [0.15, 0.2) is 15.0 Å². The van der Waals surface area contributed by atoms with Crippen LogP contribution in [0, 0.1) is 6.92 Å². The minimum Gasteiger partial charge on any atom is -0.425 e. The molecule has 0 aliphatic carbocycles. The van der Waals surface area contributed by atoms with Crippen LogP contribution in [0.3, 0.4) is 0 Å². The van der Waals surface area contributed by atoms with E-state index in [9.17, 15) is 0 Å². The summed E-state index contributed by atoms with van der Waals surface area (Å²) in [4.78, 5) is 0. The number of nitrogens with zero attached hydrogens (tertiary/aromatic N) is 3. The molecule has 0 saturated carbocycles. The fraction of sp³-hybridized carbons (Fsp3) is 0.444. The van der Waals surface area contributed by atoms with Crippen molar-refractivity contribution < 1.29 is 8.94 Å². The van der Waals surface area contributed by atoms with Gasteiger partial charge in [0.25, 0.3) is 0 Å². The predicted molar refractivity (Wildman–Crippen MR) is 52.1 cm³/mol. The Morgan fingerprint density at radius 1 is 1.33 bits per heavy atom. The molecule has 80 valence electrons. The first-order chi connectivity index (χ1) is 7.00. The van der Waals surface area contributed by atoms with Crippen molar-refractivity contribution in [2.45, 2.75) is 26.2 Å². The van der Waals surface area contributed by atoms with Crippen molar-refractivity contribution in [3.05, 3.63) is 23.5 Å². The van der Waals surface area contributed by atoms with Gasteiger partial charge in [0, 0.05) is 13.0 Å². The summed E-state index contributed by atoms with van der Waals surface area (Å²) in [5, 5.41) is 11.6. The van der Waals surface area contributed by atoms with Crippen LogP contribution in [0.2, 0.25) is 0 Å². The third-order valence-electron chi connectivity index (χ3n) is 2.23. The van der Waals surface area contributed by atoms with Gasteiger partial charge in [-0.3, -0.25) is 0 Å². The standard InChI is InChI=1S/C9H12N4O2/c1-5-11-12-8(14-5)9(2,3)6-4-7(10)15-13-6/h4H,10H2,1-3H3. The molecule has 0 bridgehead atoms. The summed E-state index contributed by atoms with van der Waals surface area (Å²) >= 11 is 0. The Balaban J connectivity index is 2.42. The van der Waals surface area contributed by atoms with Crippen molar-refractivity contribution in [2.24, 2.45) is 0 Å². The summed E-state index contributed by atoms with van der Waals surface area (Å²) in [6.07, 6.45) is 0. The molecular weight excluding hydrogens is 196 g/mol. The summed E-state index contributed by atoms with van der Waals surface area (Å²) in [5.74, 6) is 1.29. The maximum Gasteiger partial charge on any atom is 0.228 e. The normalized spacial score (nSPS) is 11.9. The van der Waals surface area contributed by atoms with E-state index >= 15 is 0 Å². The monoisotopic (exact) mass is 208 g/mol. The van der Waals surface area contributed by atoms with Gasteiger partial charge in [-0.1, -0.05) is 5.16 Å². The number of aromatic nitrogens is 3. The smallest absolute Gasteiger partial charge is 0.228 e. The second kappa shape index (κ2) is 3.08. The highest BCUT2D eigenvalue weighted by Gasteiger charge is 2.32. The lowest BCUT2D eigenvalue weighted by molar-refractivity contribution is 0.365. The molecule has 0 saturated heterocycles. The lowest BCUT2D eigenvalue weighted by Gasteiger charge is -2.15. The largest absolute Gasteiger partial charge is 0.425 e. The van der Waals surface area contributed by atoms with Gasteiger partial charge in [-0.25, -0.2) is 0 Å². The van der Waals surface area contributed by atoms with Crippen LogP contribution in [0.5, 0.6) is 0 Å². The van der Waals surface area contributed by atoms with Crippen LogP contribution in [-0.2, 0) is 5.41 Å². The number of hydrogen-bond donors (Lipinski definition) is 1. The van der Waals surface area contributed by atoms with Crippen LogP contribution in [0.1, 0.15) is 31.3 Å². The lowest BCUT2D eigenvalue weighted by atomic mass is 9.89. The van der Waals surface area contributed by atoms with Gasteiger partial charge in [0.15, 0.2) is 0 Å². The van der Waals surface area contributed by atoms with Crippen LogP contribution in [0.25, 0.3) is 0 Å². The summed E-state index contributed by atoms with van der Waals surface area (Å²) in [7, 11) is 0. The molecule has 2 heterocycles. The molecular formula is C9H12N4O2. The SMILES string of the molecule is Cc1nnc(C(C)(C)c2cc(N)on2)o1. The highest BCUT2D eigenvalue weighted by atomic mass is 16.5. The van der Waals surface area contributed by atoms with Gasteiger partial charge in [-0.05, 0) is 13.8 Å². The summed E-state index contributed by atoms with van der Waals surface area (Å²) < 4.78 is 10.2. The number of anilines is 1. The molecule has 0 fully saturated rings. The fourth-order valence-corrected chi connectivity index (χ4v) is 1.24. The molecule has 6 nitrogen and oxygen atoms in total. The number of nitrogens with two attached hydrogens (primary N) is 1. The molecule has 0 amide bonds. The van der Waals surface area contributed by atoms with E-state index in [0.29, 0.717) is 17.5 Å². The average Bonchev–Trinajstić information content (AvgIpc) is 2.74. The average molecular weight is 208 g/mol. The van der Waals surface area contributed by atoms with Crippen LogP contribution < -0.4 is 5.73 Å². The zero-order chi connectivity index (χ0) is 11.1. The number of nitrogen functional groups attached to an aromatic ring is 1. The zero-order valence-electron chi connectivity index (χ0n) is 8.81. The van der Waals surface area contributed by atoms with Crippen LogP contribution >= 0.6 is 0 Å². The molecule has 2 N–H and O–H groups in total. The molecule has 0 spiro atoms. The first-order valence-corrected chi connectivity index (χ1v) is 4.53. The number of hydrogen-bond acceptors (Lipinski definition) is 6. The molecule has 0 aliphatic rings. The highest BCUT2D eigenvalue weighted by Crippen LogP contribution is 2.30. The fourth-order valence-electron chi connectivity index (χ4n) is 1.24.